The van der Waals surface area contributed by atoms with Crippen LogP contribution in [0.15, 0.2) is 54.6 Å². The first-order valence-corrected chi connectivity index (χ1v) is 9.11. The summed E-state index contributed by atoms with van der Waals surface area (Å²) in [6.07, 6.45) is 1.23. The van der Waals surface area contributed by atoms with Crippen LogP contribution in [-0.2, 0) is 0 Å². The van der Waals surface area contributed by atoms with Gasteiger partial charge in [0.1, 0.15) is 11.6 Å². The molecule has 2 amide bonds. The number of nitrogens with zero attached hydrogens (tertiary/aromatic N) is 1. The zero-order valence-electron chi connectivity index (χ0n) is 15.2. The van der Waals surface area contributed by atoms with Crippen molar-refractivity contribution in [1.29, 1.82) is 0 Å². The Morgan fingerprint density at radius 1 is 1.07 bits per heavy atom. The lowest BCUT2D eigenvalue weighted by atomic mass is 9.90. The topological polar surface area (TPSA) is 58.6 Å². The number of ether oxygens (including phenoxy) is 1. The van der Waals surface area contributed by atoms with E-state index in [4.69, 9.17) is 4.74 Å². The van der Waals surface area contributed by atoms with Crippen LogP contribution in [0, 0.1) is 11.7 Å². The highest BCUT2D eigenvalue weighted by molar-refractivity contribution is 5.94. The van der Waals surface area contributed by atoms with Crippen molar-refractivity contribution in [3.8, 4) is 5.75 Å². The van der Waals surface area contributed by atoms with Gasteiger partial charge in [0.25, 0.3) is 5.91 Å². The highest BCUT2D eigenvalue weighted by atomic mass is 19.1. The quantitative estimate of drug-likeness (QED) is 0.889. The van der Waals surface area contributed by atoms with Crippen molar-refractivity contribution in [3.63, 3.8) is 0 Å². The molecule has 0 radical (unpaired) electrons. The molecule has 1 fully saturated rings. The van der Waals surface area contributed by atoms with Crippen LogP contribution in [0.4, 0.5) is 9.18 Å². The van der Waals surface area contributed by atoms with E-state index in [0.29, 0.717) is 24.4 Å². The maximum atomic E-state index is 13.0. The van der Waals surface area contributed by atoms with Crippen LogP contribution in [0.5, 0.6) is 5.75 Å². The molecule has 0 aromatic heterocycles. The summed E-state index contributed by atoms with van der Waals surface area (Å²) in [4.78, 5) is 26.2. The van der Waals surface area contributed by atoms with Crippen molar-refractivity contribution < 1.29 is 18.7 Å². The number of carbonyl (C=O) groups is 2. The summed E-state index contributed by atoms with van der Waals surface area (Å²) < 4.78 is 18.3. The van der Waals surface area contributed by atoms with Crippen molar-refractivity contribution in [2.45, 2.75) is 25.8 Å². The second-order valence-electron chi connectivity index (χ2n) is 6.77. The summed E-state index contributed by atoms with van der Waals surface area (Å²) in [5.74, 6) is 0.225. The molecule has 2 aromatic carbocycles. The van der Waals surface area contributed by atoms with Gasteiger partial charge in [0.2, 0.25) is 0 Å². The molecule has 1 atom stereocenters. The maximum absolute atomic E-state index is 13.0. The number of nitrogens with one attached hydrogen (secondary N) is 1. The fourth-order valence-electron chi connectivity index (χ4n) is 3.25. The Bertz CT molecular complexity index is 772. The van der Waals surface area contributed by atoms with E-state index in [1.807, 2.05) is 25.1 Å². The van der Waals surface area contributed by atoms with E-state index in [9.17, 15) is 14.0 Å². The minimum absolute atomic E-state index is 0.0325. The summed E-state index contributed by atoms with van der Waals surface area (Å²) >= 11 is 0. The minimum atomic E-state index is -0.366. The molecule has 27 heavy (non-hydrogen) atoms. The van der Waals surface area contributed by atoms with Crippen molar-refractivity contribution in [2.24, 2.45) is 5.92 Å². The number of likely N-dealkylation sites (tertiary alicyclic amines) is 1. The number of halogens is 1. The van der Waals surface area contributed by atoms with Crippen molar-refractivity contribution >= 4 is 12.0 Å². The highest BCUT2D eigenvalue weighted by Crippen LogP contribution is 2.22. The molecule has 1 heterocycles. The molecule has 0 aliphatic carbocycles. The minimum Gasteiger partial charge on any atom is -0.410 e. The number of carbonyl (C=O) groups excluding carboxylic acids is 2. The fraction of sp³-hybridized carbons (Fsp3) is 0.333. The SMILES string of the molecule is CC(NC(=O)c1ccc(F)cc1)C1CCN(C(=O)Oc2ccccc2)CC1. The standard InChI is InChI=1S/C21H23FN2O3/c1-15(23-20(25)17-7-9-18(22)10-8-17)16-11-13-24(14-12-16)21(26)27-19-5-3-2-4-6-19/h2-10,15-16H,11-14H2,1H3,(H,23,25). The van der Waals surface area contributed by atoms with Gasteiger partial charge >= 0.3 is 6.09 Å². The molecule has 1 aliphatic rings. The van der Waals surface area contributed by atoms with Crippen LogP contribution in [0.3, 0.4) is 0 Å². The van der Waals surface area contributed by atoms with E-state index in [1.165, 1.54) is 24.3 Å². The zero-order valence-corrected chi connectivity index (χ0v) is 15.2. The van der Waals surface area contributed by atoms with Crippen LogP contribution in [-0.4, -0.2) is 36.0 Å². The molecule has 2 aromatic rings. The fourth-order valence-corrected chi connectivity index (χ4v) is 3.25. The van der Waals surface area contributed by atoms with E-state index < -0.39 is 0 Å². The Labute approximate surface area is 158 Å². The lowest BCUT2D eigenvalue weighted by molar-refractivity contribution is 0.0895. The normalized spacial score (nSPS) is 15.9. The van der Waals surface area contributed by atoms with E-state index in [1.54, 1.807) is 17.0 Å². The van der Waals surface area contributed by atoms with Gasteiger partial charge < -0.3 is 15.0 Å². The summed E-state index contributed by atoms with van der Waals surface area (Å²) in [5, 5.41) is 2.97. The summed E-state index contributed by atoms with van der Waals surface area (Å²) in [6, 6.07) is 14.5. The van der Waals surface area contributed by atoms with E-state index in [0.717, 1.165) is 12.8 Å². The predicted molar refractivity (Wildman–Crippen MR) is 100 cm³/mol. The number of benzene rings is 2. The van der Waals surface area contributed by atoms with Crippen molar-refractivity contribution in [2.75, 3.05) is 13.1 Å². The summed E-state index contributed by atoms with van der Waals surface area (Å²) in [7, 11) is 0. The zero-order chi connectivity index (χ0) is 19.2. The van der Waals surface area contributed by atoms with Crippen LogP contribution in [0.1, 0.15) is 30.1 Å². The maximum Gasteiger partial charge on any atom is 0.415 e. The van der Waals surface area contributed by atoms with Crippen LogP contribution in [0.2, 0.25) is 0 Å². The Hall–Kier alpha value is -2.89. The van der Waals surface area contributed by atoms with E-state index >= 15 is 0 Å². The second kappa shape index (κ2) is 8.66. The number of para-hydroxylation sites is 1. The molecule has 5 nitrogen and oxygen atoms in total. The molecule has 1 aliphatic heterocycles. The van der Waals surface area contributed by atoms with Crippen molar-refractivity contribution in [1.82, 2.24) is 10.2 Å². The third-order valence-corrected chi connectivity index (χ3v) is 4.92. The van der Waals surface area contributed by atoms with Gasteiger partial charge in [-0.1, -0.05) is 18.2 Å². The average molecular weight is 370 g/mol. The number of hydrogen-bond acceptors (Lipinski definition) is 3. The molecule has 3 rings (SSSR count). The smallest absolute Gasteiger partial charge is 0.410 e. The monoisotopic (exact) mass is 370 g/mol. The van der Waals surface area contributed by atoms with E-state index in [-0.39, 0.29) is 29.8 Å². The first-order valence-electron chi connectivity index (χ1n) is 9.11. The van der Waals surface area contributed by atoms with Gasteiger partial charge in [-0.05, 0) is 62.1 Å². The molecular weight excluding hydrogens is 347 g/mol. The highest BCUT2D eigenvalue weighted by Gasteiger charge is 2.28. The van der Waals surface area contributed by atoms with Gasteiger partial charge in [-0.3, -0.25) is 4.79 Å². The molecule has 0 saturated carbocycles. The van der Waals surface area contributed by atoms with Crippen LogP contribution in [0.25, 0.3) is 0 Å². The molecule has 142 valence electrons. The predicted octanol–water partition coefficient (Wildman–Crippen LogP) is 3.86. The largest absolute Gasteiger partial charge is 0.415 e. The summed E-state index contributed by atoms with van der Waals surface area (Å²) in [6.45, 7) is 3.14. The lowest BCUT2D eigenvalue weighted by Crippen LogP contribution is -2.46. The van der Waals surface area contributed by atoms with Gasteiger partial charge in [0.05, 0.1) is 0 Å². The molecule has 1 saturated heterocycles. The van der Waals surface area contributed by atoms with Gasteiger partial charge in [-0.15, -0.1) is 0 Å². The van der Waals surface area contributed by atoms with Gasteiger partial charge in [-0.25, -0.2) is 9.18 Å². The summed E-state index contributed by atoms with van der Waals surface area (Å²) in [5.41, 5.74) is 0.437. The first-order chi connectivity index (χ1) is 13.0. The molecule has 6 heteroatoms. The van der Waals surface area contributed by atoms with Crippen LogP contribution < -0.4 is 10.1 Å². The Kier molecular flexibility index (Phi) is 6.06. The molecule has 1 N–H and O–H groups in total. The molecule has 0 bridgehead atoms. The number of piperidine rings is 1. The second-order valence-corrected chi connectivity index (χ2v) is 6.77. The van der Waals surface area contributed by atoms with E-state index in [2.05, 4.69) is 5.32 Å². The number of hydrogen-bond donors (Lipinski definition) is 1. The third-order valence-electron chi connectivity index (χ3n) is 4.92. The Morgan fingerprint density at radius 3 is 2.33 bits per heavy atom. The molecule has 1 unspecified atom stereocenters. The van der Waals surface area contributed by atoms with Gasteiger partial charge in [-0.2, -0.15) is 0 Å². The van der Waals surface area contributed by atoms with Crippen LogP contribution >= 0.6 is 0 Å². The average Bonchev–Trinajstić information content (AvgIpc) is 2.69. The number of amides is 2. The number of rotatable bonds is 4. The van der Waals surface area contributed by atoms with Gasteiger partial charge in [0.15, 0.2) is 0 Å². The Balaban J connectivity index is 1.47. The van der Waals surface area contributed by atoms with Crippen molar-refractivity contribution in [3.05, 3.63) is 66.0 Å². The first kappa shape index (κ1) is 18.9. The molecule has 0 spiro atoms. The lowest BCUT2D eigenvalue weighted by Gasteiger charge is -2.34. The van der Waals surface area contributed by atoms with Gasteiger partial charge in [0, 0.05) is 24.7 Å². The Morgan fingerprint density at radius 2 is 1.70 bits per heavy atom. The molecular formula is C21H23FN2O3. The third kappa shape index (κ3) is 5.06.